The van der Waals surface area contributed by atoms with Gasteiger partial charge < -0.3 is 19.2 Å². The first kappa shape index (κ1) is 21.2. The molecule has 5 rings (SSSR count). The van der Waals surface area contributed by atoms with Crippen LogP contribution < -0.4 is 4.74 Å². The van der Waals surface area contributed by atoms with Gasteiger partial charge in [0.05, 0.1) is 24.9 Å². The lowest BCUT2D eigenvalue weighted by molar-refractivity contribution is -0.130. The Balaban J connectivity index is 1.59. The van der Waals surface area contributed by atoms with Crippen molar-refractivity contribution in [1.82, 2.24) is 9.88 Å². The molecule has 0 bridgehead atoms. The van der Waals surface area contributed by atoms with Crippen molar-refractivity contribution in [2.45, 2.75) is 12.6 Å². The fraction of sp³-hybridized carbons (Fsp3) is 0.125. The molecule has 1 aliphatic heterocycles. The first-order valence-electron chi connectivity index (χ1n) is 9.97. The molecule has 1 unspecified atom stereocenters. The fourth-order valence-electron chi connectivity index (χ4n) is 3.94. The standard InChI is InChI=1S/C24H17ClN2O5S/c1-31-17-11-14(25)9-13-10-16(32-23(13)17)21(28)19-20(18-6-4-8-33-18)27(24(30)22(19)29)12-15-5-2-3-7-26-15/h2-11,20,29H,12H2,1H3. The Morgan fingerprint density at radius 3 is 2.82 bits per heavy atom. The van der Waals surface area contributed by atoms with Gasteiger partial charge in [0.2, 0.25) is 5.78 Å². The number of amides is 1. The van der Waals surface area contributed by atoms with Gasteiger partial charge in [-0.3, -0.25) is 14.6 Å². The highest BCUT2D eigenvalue weighted by Gasteiger charge is 2.45. The van der Waals surface area contributed by atoms with Crippen LogP contribution >= 0.6 is 22.9 Å². The summed E-state index contributed by atoms with van der Waals surface area (Å²) in [5.74, 6) is -1.47. The summed E-state index contributed by atoms with van der Waals surface area (Å²) >= 11 is 7.52. The van der Waals surface area contributed by atoms with Gasteiger partial charge in [-0.2, -0.15) is 0 Å². The van der Waals surface area contributed by atoms with Crippen molar-refractivity contribution >= 4 is 45.6 Å². The van der Waals surface area contributed by atoms with E-state index in [1.165, 1.54) is 29.4 Å². The molecule has 3 aromatic heterocycles. The van der Waals surface area contributed by atoms with E-state index in [0.717, 1.165) is 4.88 Å². The van der Waals surface area contributed by atoms with Crippen molar-refractivity contribution in [3.63, 3.8) is 0 Å². The van der Waals surface area contributed by atoms with E-state index in [-0.39, 0.29) is 17.9 Å². The van der Waals surface area contributed by atoms with Crippen LogP contribution in [0.25, 0.3) is 11.0 Å². The predicted octanol–water partition coefficient (Wildman–Crippen LogP) is 5.33. The zero-order valence-corrected chi connectivity index (χ0v) is 18.9. The minimum Gasteiger partial charge on any atom is -0.503 e. The van der Waals surface area contributed by atoms with Crippen LogP contribution in [0.15, 0.2) is 75.9 Å². The zero-order chi connectivity index (χ0) is 23.1. The molecule has 1 aliphatic rings. The van der Waals surface area contributed by atoms with Crippen molar-refractivity contribution in [2.24, 2.45) is 0 Å². The molecule has 0 fully saturated rings. The lowest BCUT2D eigenvalue weighted by Gasteiger charge is -2.25. The Hall–Kier alpha value is -3.62. The number of thiophene rings is 1. The molecule has 0 spiro atoms. The minimum absolute atomic E-state index is 0.0267. The quantitative estimate of drug-likeness (QED) is 0.375. The van der Waals surface area contributed by atoms with Crippen LogP contribution in [0.3, 0.4) is 0 Å². The Morgan fingerprint density at radius 1 is 1.27 bits per heavy atom. The van der Waals surface area contributed by atoms with Crippen LogP contribution in [0, 0.1) is 0 Å². The molecule has 4 aromatic rings. The van der Waals surface area contributed by atoms with Gasteiger partial charge >= 0.3 is 0 Å². The number of ether oxygens (including phenoxy) is 1. The van der Waals surface area contributed by atoms with E-state index >= 15 is 0 Å². The molecular formula is C24H17ClN2O5S. The van der Waals surface area contributed by atoms with E-state index in [2.05, 4.69) is 4.98 Å². The molecule has 166 valence electrons. The monoisotopic (exact) mass is 480 g/mol. The van der Waals surface area contributed by atoms with E-state index in [1.807, 2.05) is 23.6 Å². The Bertz CT molecular complexity index is 1400. The van der Waals surface area contributed by atoms with Gasteiger partial charge in [0, 0.05) is 27.5 Å². The van der Waals surface area contributed by atoms with Gasteiger partial charge in [-0.05, 0) is 35.7 Å². The molecule has 0 radical (unpaired) electrons. The summed E-state index contributed by atoms with van der Waals surface area (Å²) in [7, 11) is 1.47. The number of aromatic nitrogens is 1. The average Bonchev–Trinajstić information content (AvgIpc) is 3.54. The van der Waals surface area contributed by atoms with E-state index in [4.69, 9.17) is 20.8 Å². The lowest BCUT2D eigenvalue weighted by Crippen LogP contribution is -2.30. The van der Waals surface area contributed by atoms with Gasteiger partial charge in [-0.15, -0.1) is 11.3 Å². The molecule has 1 aromatic carbocycles. The zero-order valence-electron chi connectivity index (χ0n) is 17.3. The number of rotatable bonds is 6. The van der Waals surface area contributed by atoms with Gasteiger partial charge in [0.1, 0.15) is 6.04 Å². The summed E-state index contributed by atoms with van der Waals surface area (Å²) in [6, 6.07) is 13.0. The highest BCUT2D eigenvalue weighted by molar-refractivity contribution is 7.10. The normalized spacial score (nSPS) is 16.1. The van der Waals surface area contributed by atoms with Crippen LogP contribution in [-0.2, 0) is 11.3 Å². The molecule has 1 amide bonds. The number of carbonyl (C=O) groups excluding carboxylic acids is 2. The number of hydrogen-bond acceptors (Lipinski definition) is 7. The summed E-state index contributed by atoms with van der Waals surface area (Å²) in [6.07, 6.45) is 1.63. The van der Waals surface area contributed by atoms with E-state index in [9.17, 15) is 14.7 Å². The minimum atomic E-state index is -0.772. The third-order valence-corrected chi connectivity index (χ3v) is 6.55. The van der Waals surface area contributed by atoms with Crippen LogP contribution in [-0.4, -0.2) is 33.8 Å². The van der Waals surface area contributed by atoms with Crippen LogP contribution in [0.5, 0.6) is 5.75 Å². The number of aliphatic hydroxyl groups excluding tert-OH is 1. The molecule has 1 N–H and O–H groups in total. The molecule has 9 heteroatoms. The number of ketones is 1. The summed E-state index contributed by atoms with van der Waals surface area (Å²) < 4.78 is 11.1. The molecule has 0 saturated heterocycles. The molecule has 4 heterocycles. The summed E-state index contributed by atoms with van der Waals surface area (Å²) in [5, 5.41) is 13.6. The Morgan fingerprint density at radius 2 is 2.12 bits per heavy atom. The number of aliphatic hydroxyl groups is 1. The van der Waals surface area contributed by atoms with Crippen molar-refractivity contribution in [3.8, 4) is 5.75 Å². The van der Waals surface area contributed by atoms with Crippen molar-refractivity contribution < 1.29 is 23.8 Å². The van der Waals surface area contributed by atoms with Crippen molar-refractivity contribution in [1.29, 1.82) is 0 Å². The summed E-state index contributed by atoms with van der Waals surface area (Å²) in [6.45, 7) is 0.132. The number of hydrogen-bond donors (Lipinski definition) is 1. The molecule has 33 heavy (non-hydrogen) atoms. The second-order valence-electron chi connectivity index (χ2n) is 7.40. The molecule has 0 saturated carbocycles. The van der Waals surface area contributed by atoms with E-state index in [1.54, 1.807) is 30.5 Å². The maximum absolute atomic E-state index is 13.6. The summed E-state index contributed by atoms with van der Waals surface area (Å²) in [5.41, 5.74) is 0.951. The van der Waals surface area contributed by atoms with Gasteiger partial charge in [-0.25, -0.2) is 0 Å². The summed E-state index contributed by atoms with van der Waals surface area (Å²) in [4.78, 5) is 33.1. The van der Waals surface area contributed by atoms with Gasteiger partial charge in [-0.1, -0.05) is 23.7 Å². The number of methoxy groups -OCH3 is 1. The number of pyridine rings is 1. The Kier molecular flexibility index (Phi) is 5.39. The number of carbonyl (C=O) groups is 2. The van der Waals surface area contributed by atoms with Crippen molar-refractivity contribution in [3.05, 3.63) is 92.8 Å². The smallest absolute Gasteiger partial charge is 0.290 e. The lowest BCUT2D eigenvalue weighted by atomic mass is 10.00. The molecular weight excluding hydrogens is 464 g/mol. The third kappa shape index (κ3) is 3.67. The SMILES string of the molecule is COc1cc(Cl)cc2cc(C(=O)C3=C(O)C(=O)N(Cc4ccccn4)C3c3cccs3)oc12. The Labute approximate surface area is 197 Å². The number of Topliss-reactive ketones (excluding diaryl/α,β-unsaturated/α-hetero) is 1. The molecule has 1 atom stereocenters. The fourth-order valence-corrected chi connectivity index (χ4v) is 5.00. The maximum Gasteiger partial charge on any atom is 0.290 e. The van der Waals surface area contributed by atoms with Crippen LogP contribution in [0.1, 0.15) is 27.2 Å². The van der Waals surface area contributed by atoms with Gasteiger partial charge in [0.25, 0.3) is 5.91 Å². The predicted molar refractivity (Wildman–Crippen MR) is 124 cm³/mol. The van der Waals surface area contributed by atoms with Gasteiger partial charge in [0.15, 0.2) is 22.9 Å². The number of benzene rings is 1. The highest BCUT2D eigenvalue weighted by Crippen LogP contribution is 2.42. The van der Waals surface area contributed by atoms with E-state index < -0.39 is 23.5 Å². The molecule has 7 nitrogen and oxygen atoms in total. The first-order valence-corrected chi connectivity index (χ1v) is 11.2. The number of fused-ring (bicyclic) bond motifs is 1. The van der Waals surface area contributed by atoms with E-state index in [0.29, 0.717) is 27.4 Å². The second-order valence-corrected chi connectivity index (χ2v) is 8.82. The maximum atomic E-state index is 13.6. The highest BCUT2D eigenvalue weighted by atomic mass is 35.5. The first-order chi connectivity index (χ1) is 16.0. The largest absolute Gasteiger partial charge is 0.503 e. The van der Waals surface area contributed by atoms with Crippen LogP contribution in [0.2, 0.25) is 5.02 Å². The number of halogens is 1. The van der Waals surface area contributed by atoms with Crippen molar-refractivity contribution in [2.75, 3.05) is 7.11 Å². The van der Waals surface area contributed by atoms with Crippen LogP contribution in [0.4, 0.5) is 0 Å². The molecule has 0 aliphatic carbocycles. The number of furan rings is 1. The number of nitrogens with zero attached hydrogens (tertiary/aromatic N) is 2. The third-order valence-electron chi connectivity index (χ3n) is 5.41. The second kappa shape index (κ2) is 8.38. The topological polar surface area (TPSA) is 92.9 Å². The average molecular weight is 481 g/mol.